The van der Waals surface area contributed by atoms with Crippen molar-refractivity contribution in [1.82, 2.24) is 14.5 Å². The molecular weight excluding hydrogens is 538 g/mol. The van der Waals surface area contributed by atoms with Gasteiger partial charge in [-0.15, -0.1) is 0 Å². The molecule has 2 aromatic carbocycles. The zero-order chi connectivity index (χ0) is 28.3. The van der Waals surface area contributed by atoms with Gasteiger partial charge in [0.25, 0.3) is 5.56 Å². The zero-order valence-electron chi connectivity index (χ0n) is 21.9. The van der Waals surface area contributed by atoms with Crippen LogP contribution in [0.15, 0.2) is 52.1 Å². The van der Waals surface area contributed by atoms with E-state index in [2.05, 4.69) is 9.97 Å². The maximum absolute atomic E-state index is 14.1. The fourth-order valence-corrected chi connectivity index (χ4v) is 5.88. The van der Waals surface area contributed by atoms with Crippen LogP contribution in [0.5, 0.6) is 17.2 Å². The number of carbonyl (C=O) groups excluding carboxylic acids is 2. The Balaban J connectivity index is 1.47. The van der Waals surface area contributed by atoms with Crippen LogP contribution in [0, 0.1) is 5.92 Å². The second-order valence-corrected chi connectivity index (χ2v) is 10.3. The number of methoxy groups -OCH3 is 2. The third-order valence-electron chi connectivity index (χ3n) is 7.71. The minimum absolute atomic E-state index is 0.00728. The van der Waals surface area contributed by atoms with E-state index in [0.717, 1.165) is 5.56 Å². The number of ether oxygens (including phenoxy) is 3. The normalized spacial score (nSPS) is 19.4. The van der Waals surface area contributed by atoms with Crippen LogP contribution in [-0.4, -0.2) is 45.9 Å². The van der Waals surface area contributed by atoms with Crippen LogP contribution in [0.4, 0.5) is 0 Å². The van der Waals surface area contributed by atoms with Crippen molar-refractivity contribution in [2.45, 2.75) is 31.9 Å². The molecule has 2 aliphatic rings. The summed E-state index contributed by atoms with van der Waals surface area (Å²) in [5.74, 6) is -1.49. The van der Waals surface area contributed by atoms with E-state index in [9.17, 15) is 19.2 Å². The highest BCUT2D eigenvalue weighted by molar-refractivity contribution is 6.36. The number of aromatic amines is 1. The number of hydrogen-bond acceptors (Lipinski definition) is 8. The van der Waals surface area contributed by atoms with Crippen LogP contribution in [0.25, 0.3) is 11.0 Å². The van der Waals surface area contributed by atoms with Gasteiger partial charge in [0.1, 0.15) is 27.7 Å². The van der Waals surface area contributed by atoms with Crippen molar-refractivity contribution in [1.29, 1.82) is 0 Å². The summed E-state index contributed by atoms with van der Waals surface area (Å²) in [5, 5.41) is 0.106. The summed E-state index contributed by atoms with van der Waals surface area (Å²) < 4.78 is 18.3. The van der Waals surface area contributed by atoms with Gasteiger partial charge in [-0.25, -0.2) is 9.78 Å². The van der Waals surface area contributed by atoms with E-state index in [-0.39, 0.29) is 57.4 Å². The van der Waals surface area contributed by atoms with Crippen molar-refractivity contribution < 1.29 is 23.8 Å². The first kappa shape index (κ1) is 25.8. The number of aryl methyl sites for hydroxylation is 2. The summed E-state index contributed by atoms with van der Waals surface area (Å²) in [6, 6.07) is 12.5. The summed E-state index contributed by atoms with van der Waals surface area (Å²) in [6.45, 7) is 1.99. The van der Waals surface area contributed by atoms with Crippen molar-refractivity contribution in [3.8, 4) is 17.2 Å². The summed E-state index contributed by atoms with van der Waals surface area (Å²) in [5.41, 5.74) is -1.50. The molecule has 2 unspecified atom stereocenters. The molecule has 0 bridgehead atoms. The predicted octanol–water partition coefficient (Wildman–Crippen LogP) is 3.39. The van der Waals surface area contributed by atoms with Gasteiger partial charge in [-0.05, 0) is 24.5 Å². The molecule has 0 fully saturated rings. The summed E-state index contributed by atoms with van der Waals surface area (Å²) >= 11 is 6.49. The van der Waals surface area contributed by atoms with E-state index in [4.69, 9.17) is 25.8 Å². The van der Waals surface area contributed by atoms with Gasteiger partial charge in [0.15, 0.2) is 5.75 Å². The Hall–Kier alpha value is -4.44. The molecule has 2 aromatic heterocycles. The van der Waals surface area contributed by atoms with Gasteiger partial charge in [0.2, 0.25) is 17.2 Å². The fourth-order valence-electron chi connectivity index (χ4n) is 5.62. The molecule has 40 heavy (non-hydrogen) atoms. The van der Waals surface area contributed by atoms with Gasteiger partial charge in [-0.1, -0.05) is 48.9 Å². The first-order valence-electron chi connectivity index (χ1n) is 12.6. The molecule has 0 saturated heterocycles. The number of ketones is 2. The van der Waals surface area contributed by atoms with E-state index >= 15 is 0 Å². The number of nitrogens with one attached hydrogen (secondary N) is 1. The second kappa shape index (κ2) is 9.34. The lowest BCUT2D eigenvalue weighted by Crippen LogP contribution is -2.57. The van der Waals surface area contributed by atoms with E-state index in [1.807, 2.05) is 30.3 Å². The minimum atomic E-state index is -1.93. The number of Topliss-reactive ketones (excluding diaryl/α,β-unsaturated/α-hetero) is 2. The maximum atomic E-state index is 14.1. The first-order chi connectivity index (χ1) is 19.2. The first-order valence-corrected chi connectivity index (χ1v) is 13.0. The maximum Gasteiger partial charge on any atom is 0.330 e. The second-order valence-electron chi connectivity index (χ2n) is 9.90. The summed E-state index contributed by atoms with van der Waals surface area (Å²) in [7, 11) is 2.81. The third kappa shape index (κ3) is 3.59. The van der Waals surface area contributed by atoms with Crippen molar-refractivity contribution in [3.05, 3.63) is 90.7 Å². The largest absolute Gasteiger partial charge is 0.496 e. The topological polar surface area (TPSA) is 130 Å². The third-order valence-corrected chi connectivity index (χ3v) is 8.07. The molecule has 6 rings (SSSR count). The molecule has 10 nitrogen and oxygen atoms in total. The molecule has 2 atom stereocenters. The number of rotatable bonds is 5. The highest BCUT2D eigenvalue weighted by atomic mass is 35.5. The zero-order valence-corrected chi connectivity index (χ0v) is 22.6. The van der Waals surface area contributed by atoms with Gasteiger partial charge in [0, 0.05) is 24.1 Å². The van der Waals surface area contributed by atoms with Crippen LogP contribution < -0.4 is 25.5 Å². The highest BCUT2D eigenvalue weighted by Gasteiger charge is 2.62. The van der Waals surface area contributed by atoms with Crippen molar-refractivity contribution >= 4 is 34.2 Å². The highest BCUT2D eigenvalue weighted by Crippen LogP contribution is 2.53. The lowest BCUT2D eigenvalue weighted by atomic mass is 9.71. The number of H-pyrrole nitrogens is 1. The fraction of sp³-hybridized carbons (Fsp3) is 0.276. The van der Waals surface area contributed by atoms with Crippen LogP contribution in [0.1, 0.15) is 38.9 Å². The van der Waals surface area contributed by atoms with E-state index in [1.165, 1.54) is 30.9 Å². The molecular formula is C29H24ClN3O7. The van der Waals surface area contributed by atoms with E-state index < -0.39 is 34.3 Å². The molecule has 11 heteroatoms. The number of carbonyl (C=O) groups is 2. The Morgan fingerprint density at radius 1 is 1.07 bits per heavy atom. The smallest absolute Gasteiger partial charge is 0.330 e. The lowest BCUT2D eigenvalue weighted by Gasteiger charge is -2.36. The quantitative estimate of drug-likeness (QED) is 0.367. The van der Waals surface area contributed by atoms with E-state index in [0.29, 0.717) is 12.1 Å². The SMILES string of the molecule is COc1cc(OC)c2c(c1Cl)OC1(C(=O)c3cc4c(=O)[nH]c(=O)n(CCc5ccccc5)c4nc3CC1C)C2=O. The predicted molar refractivity (Wildman–Crippen MR) is 146 cm³/mol. The average Bonchev–Trinajstić information content (AvgIpc) is 3.26. The lowest BCUT2D eigenvalue weighted by molar-refractivity contribution is 0.0257. The summed E-state index contributed by atoms with van der Waals surface area (Å²) in [6.07, 6.45) is 0.708. The molecule has 1 aliphatic heterocycles. The number of aromatic nitrogens is 3. The Kier molecular flexibility index (Phi) is 6.03. The number of nitrogens with zero attached hydrogens (tertiary/aromatic N) is 2. The Morgan fingerprint density at radius 3 is 2.50 bits per heavy atom. The Morgan fingerprint density at radius 2 is 1.80 bits per heavy atom. The molecule has 1 N–H and O–H groups in total. The van der Waals surface area contributed by atoms with Crippen LogP contribution in [-0.2, 0) is 19.4 Å². The van der Waals surface area contributed by atoms with Gasteiger partial charge in [-0.2, -0.15) is 0 Å². The average molecular weight is 562 g/mol. The Labute approximate surface area is 232 Å². The van der Waals surface area contributed by atoms with Crippen molar-refractivity contribution in [3.63, 3.8) is 0 Å². The van der Waals surface area contributed by atoms with Crippen LogP contribution in [0.3, 0.4) is 0 Å². The van der Waals surface area contributed by atoms with Gasteiger partial charge in [-0.3, -0.25) is 23.9 Å². The van der Waals surface area contributed by atoms with Crippen molar-refractivity contribution in [2.24, 2.45) is 5.92 Å². The molecule has 204 valence electrons. The van der Waals surface area contributed by atoms with Gasteiger partial charge < -0.3 is 14.2 Å². The van der Waals surface area contributed by atoms with Crippen molar-refractivity contribution in [2.75, 3.05) is 14.2 Å². The Bertz CT molecular complexity index is 1850. The number of halogens is 1. The number of hydrogen-bond donors (Lipinski definition) is 1. The van der Waals surface area contributed by atoms with Crippen LogP contribution in [0.2, 0.25) is 5.02 Å². The molecule has 0 radical (unpaired) electrons. The minimum Gasteiger partial charge on any atom is -0.496 e. The van der Waals surface area contributed by atoms with Gasteiger partial charge >= 0.3 is 5.69 Å². The number of pyridine rings is 1. The molecule has 0 saturated carbocycles. The van der Waals surface area contributed by atoms with E-state index in [1.54, 1.807) is 6.92 Å². The number of fused-ring (bicyclic) bond motifs is 3. The molecule has 1 spiro atoms. The molecule has 4 aromatic rings. The molecule has 1 aliphatic carbocycles. The van der Waals surface area contributed by atoms with Gasteiger partial charge in [0.05, 0.1) is 25.3 Å². The van der Waals surface area contributed by atoms with Crippen LogP contribution >= 0.6 is 11.6 Å². The monoisotopic (exact) mass is 561 g/mol. The summed E-state index contributed by atoms with van der Waals surface area (Å²) in [4.78, 5) is 60.7. The molecule has 3 heterocycles. The standard InChI is InChI=1S/C29H24ClN3O7/c1-14-11-18-16(24(34)29(14)25(35)21-19(38-2)13-20(39-3)22(30)23(21)40-29)12-17-26(31-18)33(28(37)32-27(17)36)10-9-15-7-5-4-6-8-15/h4-8,12-14H,9-11H2,1-3H3,(H,32,36,37). The number of benzene rings is 2. The molecule has 0 amide bonds.